The summed E-state index contributed by atoms with van der Waals surface area (Å²) in [7, 11) is 1.47. The maximum absolute atomic E-state index is 11.1. The quantitative estimate of drug-likeness (QED) is 0.724. The zero-order valence-electron chi connectivity index (χ0n) is 7.16. The number of ketones is 1. The Morgan fingerprint density at radius 3 is 2.69 bits per heavy atom. The molecule has 0 aliphatic carbocycles. The molecule has 0 radical (unpaired) electrons. The number of hydrogen-bond acceptors (Lipinski definition) is 4. The first-order valence-electron chi connectivity index (χ1n) is 3.69. The van der Waals surface area contributed by atoms with Crippen molar-refractivity contribution in [1.82, 2.24) is 9.97 Å². The second-order valence-corrected chi connectivity index (χ2v) is 2.90. The molecular formula is C8H9ClN2O2. The number of aromatic nitrogens is 2. The van der Waals surface area contributed by atoms with Gasteiger partial charge in [-0.1, -0.05) is 11.6 Å². The highest BCUT2D eigenvalue weighted by atomic mass is 35.5. The monoisotopic (exact) mass is 200 g/mol. The second kappa shape index (κ2) is 4.89. The third-order valence-corrected chi connectivity index (χ3v) is 1.53. The highest BCUT2D eigenvalue weighted by Gasteiger charge is 2.04. The van der Waals surface area contributed by atoms with Crippen molar-refractivity contribution in [1.29, 1.82) is 0 Å². The Labute approximate surface area is 80.9 Å². The number of methoxy groups -OCH3 is 1. The van der Waals surface area contributed by atoms with Gasteiger partial charge in [0.2, 0.25) is 0 Å². The highest BCUT2D eigenvalue weighted by molar-refractivity contribution is 6.30. The predicted molar refractivity (Wildman–Crippen MR) is 47.6 cm³/mol. The first kappa shape index (κ1) is 10.1. The number of hydrogen-bond donors (Lipinski definition) is 0. The number of nitrogens with zero attached hydrogens (tertiary/aromatic N) is 2. The summed E-state index contributed by atoms with van der Waals surface area (Å²) in [5.74, 6) is 0.413. The SMILES string of the molecule is COCC(=O)Cc1ncc(Cl)cn1. The molecule has 1 heterocycles. The summed E-state index contributed by atoms with van der Waals surface area (Å²) >= 11 is 5.57. The molecule has 0 saturated heterocycles. The van der Waals surface area contributed by atoms with Gasteiger partial charge >= 0.3 is 0 Å². The van der Waals surface area contributed by atoms with Crippen LogP contribution in [-0.2, 0) is 16.0 Å². The maximum Gasteiger partial charge on any atom is 0.166 e. The molecule has 0 fully saturated rings. The van der Waals surface area contributed by atoms with E-state index in [0.29, 0.717) is 10.8 Å². The minimum absolute atomic E-state index is 0.0511. The average molecular weight is 201 g/mol. The Kier molecular flexibility index (Phi) is 3.79. The van der Waals surface area contributed by atoms with Crippen molar-refractivity contribution in [3.8, 4) is 0 Å². The zero-order valence-corrected chi connectivity index (χ0v) is 7.91. The largest absolute Gasteiger partial charge is 0.377 e. The summed E-state index contributed by atoms with van der Waals surface area (Å²) in [6, 6.07) is 0. The van der Waals surface area contributed by atoms with Crippen molar-refractivity contribution < 1.29 is 9.53 Å². The summed E-state index contributed by atoms with van der Waals surface area (Å²) < 4.78 is 4.67. The van der Waals surface area contributed by atoms with E-state index in [1.165, 1.54) is 19.5 Å². The Bertz CT molecular complexity index is 287. The van der Waals surface area contributed by atoms with E-state index in [2.05, 4.69) is 14.7 Å². The first-order valence-corrected chi connectivity index (χ1v) is 4.07. The average Bonchev–Trinajstić information content (AvgIpc) is 2.09. The van der Waals surface area contributed by atoms with Crippen molar-refractivity contribution in [2.45, 2.75) is 6.42 Å². The third kappa shape index (κ3) is 3.48. The van der Waals surface area contributed by atoms with Gasteiger partial charge in [0.05, 0.1) is 11.4 Å². The lowest BCUT2D eigenvalue weighted by Gasteiger charge is -1.98. The van der Waals surface area contributed by atoms with Crippen LogP contribution in [-0.4, -0.2) is 29.5 Å². The zero-order chi connectivity index (χ0) is 9.68. The molecular weight excluding hydrogens is 192 g/mol. The van der Waals surface area contributed by atoms with Crippen molar-refractivity contribution >= 4 is 17.4 Å². The molecule has 0 spiro atoms. The first-order chi connectivity index (χ1) is 6.22. The number of carbonyl (C=O) groups excluding carboxylic acids is 1. The molecule has 4 nitrogen and oxygen atoms in total. The lowest BCUT2D eigenvalue weighted by molar-refractivity contribution is -0.122. The van der Waals surface area contributed by atoms with Crippen LogP contribution in [0.1, 0.15) is 5.82 Å². The molecule has 13 heavy (non-hydrogen) atoms. The Morgan fingerprint density at radius 1 is 1.54 bits per heavy atom. The van der Waals surface area contributed by atoms with E-state index in [9.17, 15) is 4.79 Å². The second-order valence-electron chi connectivity index (χ2n) is 2.47. The van der Waals surface area contributed by atoms with Gasteiger partial charge in [0, 0.05) is 19.5 Å². The van der Waals surface area contributed by atoms with E-state index in [1.807, 2.05) is 0 Å². The van der Waals surface area contributed by atoms with Gasteiger partial charge < -0.3 is 4.74 Å². The maximum atomic E-state index is 11.1. The van der Waals surface area contributed by atoms with Gasteiger partial charge in [-0.05, 0) is 0 Å². The number of Topliss-reactive ketones (excluding diaryl/α,β-unsaturated/α-hetero) is 1. The molecule has 0 saturated carbocycles. The topological polar surface area (TPSA) is 52.1 Å². The standard InChI is InChI=1S/C8H9ClN2O2/c1-13-5-7(12)2-8-10-3-6(9)4-11-8/h3-4H,2,5H2,1H3. The molecule has 0 unspecified atom stereocenters. The molecule has 1 aromatic heterocycles. The summed E-state index contributed by atoms with van der Waals surface area (Å²) in [6.45, 7) is 0.0893. The van der Waals surface area contributed by atoms with Crippen LogP contribution in [0.4, 0.5) is 0 Å². The Hall–Kier alpha value is -1.00. The van der Waals surface area contributed by atoms with Crippen molar-refractivity contribution in [3.05, 3.63) is 23.2 Å². The van der Waals surface area contributed by atoms with Gasteiger partial charge in [-0.3, -0.25) is 4.79 Å². The highest BCUT2D eigenvalue weighted by Crippen LogP contribution is 2.03. The minimum Gasteiger partial charge on any atom is -0.377 e. The summed E-state index contributed by atoms with van der Waals surface area (Å²) in [5.41, 5.74) is 0. The minimum atomic E-state index is -0.0511. The summed E-state index contributed by atoms with van der Waals surface area (Å²) in [4.78, 5) is 18.8. The number of halogens is 1. The van der Waals surface area contributed by atoms with Gasteiger partial charge in [-0.25, -0.2) is 9.97 Å². The molecule has 0 N–H and O–H groups in total. The fourth-order valence-corrected chi connectivity index (χ4v) is 0.916. The number of ether oxygens (including phenoxy) is 1. The van der Waals surface area contributed by atoms with E-state index in [-0.39, 0.29) is 18.8 Å². The Balaban J connectivity index is 2.54. The van der Waals surface area contributed by atoms with E-state index >= 15 is 0 Å². The fourth-order valence-electron chi connectivity index (χ4n) is 0.819. The van der Waals surface area contributed by atoms with Gasteiger partial charge in [0.25, 0.3) is 0 Å². The van der Waals surface area contributed by atoms with Crippen LogP contribution in [0.2, 0.25) is 5.02 Å². The van der Waals surface area contributed by atoms with Crippen molar-refractivity contribution in [2.75, 3.05) is 13.7 Å². The van der Waals surface area contributed by atoms with E-state index in [1.54, 1.807) is 0 Å². The number of rotatable bonds is 4. The van der Waals surface area contributed by atoms with Crippen LogP contribution >= 0.6 is 11.6 Å². The molecule has 1 rings (SSSR count). The fraction of sp³-hybridized carbons (Fsp3) is 0.375. The smallest absolute Gasteiger partial charge is 0.166 e. The molecule has 1 aromatic rings. The van der Waals surface area contributed by atoms with Gasteiger partial charge in [-0.15, -0.1) is 0 Å². The van der Waals surface area contributed by atoms with E-state index < -0.39 is 0 Å². The lowest BCUT2D eigenvalue weighted by Crippen LogP contribution is -2.11. The molecule has 0 amide bonds. The summed E-state index contributed by atoms with van der Waals surface area (Å²) in [6.07, 6.45) is 3.11. The van der Waals surface area contributed by atoms with Crippen LogP contribution in [0, 0.1) is 0 Å². The van der Waals surface area contributed by atoms with E-state index in [4.69, 9.17) is 11.6 Å². The van der Waals surface area contributed by atoms with Gasteiger partial charge in [0.15, 0.2) is 5.78 Å². The van der Waals surface area contributed by atoms with Crippen LogP contribution in [0.15, 0.2) is 12.4 Å². The predicted octanol–water partition coefficient (Wildman–Crippen LogP) is 0.888. The molecule has 0 aromatic carbocycles. The van der Waals surface area contributed by atoms with E-state index in [0.717, 1.165) is 0 Å². The number of carbonyl (C=O) groups is 1. The third-order valence-electron chi connectivity index (χ3n) is 1.33. The van der Waals surface area contributed by atoms with Crippen LogP contribution in [0.5, 0.6) is 0 Å². The van der Waals surface area contributed by atoms with Gasteiger partial charge in [0.1, 0.15) is 12.4 Å². The molecule has 5 heteroatoms. The molecule has 0 aliphatic heterocycles. The van der Waals surface area contributed by atoms with Crippen molar-refractivity contribution in [3.63, 3.8) is 0 Å². The van der Waals surface area contributed by atoms with Crippen LogP contribution < -0.4 is 0 Å². The normalized spacial score (nSPS) is 10.0. The molecule has 0 aliphatic rings. The van der Waals surface area contributed by atoms with Crippen molar-refractivity contribution in [2.24, 2.45) is 0 Å². The van der Waals surface area contributed by atoms with Gasteiger partial charge in [-0.2, -0.15) is 0 Å². The van der Waals surface area contributed by atoms with Crippen LogP contribution in [0.3, 0.4) is 0 Å². The lowest BCUT2D eigenvalue weighted by atomic mass is 10.3. The Morgan fingerprint density at radius 2 is 2.15 bits per heavy atom. The molecule has 0 atom stereocenters. The summed E-state index contributed by atoms with van der Waals surface area (Å²) in [5, 5.41) is 0.461. The molecule has 0 bridgehead atoms. The molecule has 70 valence electrons. The van der Waals surface area contributed by atoms with Crippen LogP contribution in [0.25, 0.3) is 0 Å².